The Hall–Kier alpha value is -2.89. The summed E-state index contributed by atoms with van der Waals surface area (Å²) in [4.78, 5) is 38.5. The number of allylic oxidation sites excluding steroid dienone is 10. The fourth-order valence-corrected chi connectivity index (χ4v) is 10.6. The maximum absolute atomic E-state index is 13.0. The molecule has 0 fully saturated rings. The van der Waals surface area contributed by atoms with Crippen LogP contribution >= 0.6 is 0 Å². The van der Waals surface area contributed by atoms with Gasteiger partial charge in [0, 0.05) is 19.3 Å². The van der Waals surface area contributed by atoms with Gasteiger partial charge in [-0.1, -0.05) is 313 Å². The largest absolute Gasteiger partial charge is 0.462 e. The lowest BCUT2D eigenvalue weighted by molar-refractivity contribution is -0.167. The number of hydrogen-bond acceptors (Lipinski definition) is 6. The van der Waals surface area contributed by atoms with Gasteiger partial charge in [-0.3, -0.25) is 14.4 Å². The number of esters is 3. The van der Waals surface area contributed by atoms with Gasteiger partial charge in [0.15, 0.2) is 6.10 Å². The van der Waals surface area contributed by atoms with Crippen LogP contribution in [0.1, 0.15) is 380 Å². The maximum atomic E-state index is 13.0. The third kappa shape index (κ3) is 67.8. The molecule has 0 aliphatic carbocycles. The molecule has 0 N–H and O–H groups in total. The summed E-state index contributed by atoms with van der Waals surface area (Å²) in [6, 6.07) is 0. The van der Waals surface area contributed by atoms with Gasteiger partial charge in [-0.15, -0.1) is 0 Å². The molecule has 0 radical (unpaired) electrons. The van der Waals surface area contributed by atoms with E-state index in [-0.39, 0.29) is 31.1 Å². The fourth-order valence-electron chi connectivity index (χ4n) is 10.6. The van der Waals surface area contributed by atoms with Crippen LogP contribution < -0.4 is 0 Å². The van der Waals surface area contributed by atoms with Gasteiger partial charge < -0.3 is 14.2 Å². The molecule has 0 saturated carbocycles. The van der Waals surface area contributed by atoms with E-state index in [2.05, 4.69) is 81.5 Å². The molecule has 472 valence electrons. The summed E-state index contributed by atoms with van der Waals surface area (Å²) in [7, 11) is 0. The first-order valence-corrected chi connectivity index (χ1v) is 35.8. The summed E-state index contributed by atoms with van der Waals surface area (Å²) in [5.74, 6) is -0.862. The number of carbonyl (C=O) groups is 3. The quantitative estimate of drug-likeness (QED) is 0.0261. The Bertz CT molecular complexity index is 1440. The minimum atomic E-state index is -0.780. The van der Waals surface area contributed by atoms with Crippen molar-refractivity contribution in [3.8, 4) is 0 Å². The molecule has 0 spiro atoms. The molecule has 6 nitrogen and oxygen atoms in total. The van der Waals surface area contributed by atoms with Crippen LogP contribution in [0.25, 0.3) is 0 Å². The Labute approximate surface area is 504 Å². The summed E-state index contributed by atoms with van der Waals surface area (Å²) in [5, 5.41) is 0. The monoisotopic (exact) mass is 1130 g/mol. The Balaban J connectivity index is 4.34. The molecule has 81 heavy (non-hydrogen) atoms. The van der Waals surface area contributed by atoms with Crippen LogP contribution in [0.3, 0.4) is 0 Å². The Morgan fingerprint density at radius 1 is 0.247 bits per heavy atom. The third-order valence-corrected chi connectivity index (χ3v) is 16.0. The zero-order chi connectivity index (χ0) is 58.5. The van der Waals surface area contributed by atoms with Crippen molar-refractivity contribution < 1.29 is 28.6 Å². The predicted octanol–water partition coefficient (Wildman–Crippen LogP) is 24.7. The highest BCUT2D eigenvalue weighted by atomic mass is 16.6. The molecule has 0 aliphatic rings. The summed E-state index contributed by atoms with van der Waals surface area (Å²) in [6.07, 6.45) is 89.5. The van der Waals surface area contributed by atoms with Gasteiger partial charge >= 0.3 is 17.9 Å². The van der Waals surface area contributed by atoms with E-state index in [0.717, 1.165) is 70.6 Å². The lowest BCUT2D eigenvalue weighted by Crippen LogP contribution is -2.30. The van der Waals surface area contributed by atoms with Gasteiger partial charge in [0.1, 0.15) is 13.2 Å². The van der Waals surface area contributed by atoms with Gasteiger partial charge in [0.05, 0.1) is 0 Å². The van der Waals surface area contributed by atoms with E-state index >= 15 is 0 Å². The SMILES string of the molecule is CCCCCCC/C=C\C/C=C\C/C=C\CCCCCCCCCCCCC(=O)OCC(COC(=O)CCCCCCCCC/C=C\CCCCCCCC)OC(=O)CCCCCCCCCCC/C=C\CCCCCCCCCC. The van der Waals surface area contributed by atoms with Gasteiger partial charge in [-0.05, 0) is 109 Å². The van der Waals surface area contributed by atoms with Crippen molar-refractivity contribution in [3.63, 3.8) is 0 Å². The standard InChI is InChI=1S/C75H136O6/c1-4-7-10-13-16-19-22-25-28-31-33-35-36-37-38-40-41-44-47-50-53-56-59-62-65-68-74(77)80-71-72(70-79-73(76)67-64-61-58-55-52-49-46-43-30-27-24-21-18-15-12-9-6-3)81-75(78)69-66-63-60-57-54-51-48-45-42-39-34-32-29-26-23-20-17-14-11-8-5-2/h22,25,27,30-34,36-37,72H,4-21,23-24,26,28-29,35,38-71H2,1-3H3/b25-22-,30-27-,33-31-,34-32-,37-36-. The molecule has 0 aliphatic heterocycles. The highest BCUT2D eigenvalue weighted by Crippen LogP contribution is 2.17. The number of unbranched alkanes of at least 4 members (excludes halogenated alkanes) is 45. The maximum Gasteiger partial charge on any atom is 0.306 e. The molecule has 0 rings (SSSR count). The van der Waals surface area contributed by atoms with Crippen molar-refractivity contribution >= 4 is 17.9 Å². The van der Waals surface area contributed by atoms with Crippen LogP contribution in [0.2, 0.25) is 0 Å². The van der Waals surface area contributed by atoms with Gasteiger partial charge in [0.25, 0.3) is 0 Å². The van der Waals surface area contributed by atoms with Crippen molar-refractivity contribution in [1.29, 1.82) is 0 Å². The molecular weight excluding hydrogens is 997 g/mol. The fraction of sp³-hybridized carbons (Fsp3) is 0.827. The molecule has 0 aromatic rings. The average molecular weight is 1130 g/mol. The zero-order valence-electron chi connectivity index (χ0n) is 54.3. The van der Waals surface area contributed by atoms with Gasteiger partial charge in [0.2, 0.25) is 0 Å². The van der Waals surface area contributed by atoms with Crippen molar-refractivity contribution in [2.75, 3.05) is 13.2 Å². The van der Waals surface area contributed by atoms with Crippen molar-refractivity contribution in [2.45, 2.75) is 386 Å². The van der Waals surface area contributed by atoms with Gasteiger partial charge in [-0.2, -0.15) is 0 Å². The zero-order valence-corrected chi connectivity index (χ0v) is 54.3. The first kappa shape index (κ1) is 78.1. The highest BCUT2D eigenvalue weighted by Gasteiger charge is 2.19. The van der Waals surface area contributed by atoms with E-state index in [1.807, 2.05) is 0 Å². The van der Waals surface area contributed by atoms with E-state index in [0.29, 0.717) is 19.3 Å². The first-order valence-electron chi connectivity index (χ1n) is 35.8. The molecule has 0 aromatic heterocycles. The highest BCUT2D eigenvalue weighted by molar-refractivity contribution is 5.71. The van der Waals surface area contributed by atoms with E-state index in [4.69, 9.17) is 14.2 Å². The topological polar surface area (TPSA) is 78.9 Å². The number of carbonyl (C=O) groups excluding carboxylic acids is 3. The molecular formula is C75H136O6. The Morgan fingerprint density at radius 2 is 0.444 bits per heavy atom. The van der Waals surface area contributed by atoms with Crippen LogP contribution in [-0.2, 0) is 28.6 Å². The van der Waals surface area contributed by atoms with Crippen LogP contribution in [0, 0.1) is 0 Å². The normalized spacial score (nSPS) is 12.4. The lowest BCUT2D eigenvalue weighted by atomic mass is 10.0. The van der Waals surface area contributed by atoms with E-state index < -0.39 is 6.10 Å². The smallest absolute Gasteiger partial charge is 0.306 e. The van der Waals surface area contributed by atoms with Gasteiger partial charge in [-0.25, -0.2) is 0 Å². The second-order valence-electron chi connectivity index (χ2n) is 24.1. The number of hydrogen-bond donors (Lipinski definition) is 0. The van der Waals surface area contributed by atoms with E-state index in [1.165, 1.54) is 270 Å². The van der Waals surface area contributed by atoms with Crippen LogP contribution in [-0.4, -0.2) is 37.2 Å². The minimum absolute atomic E-state index is 0.0758. The molecule has 0 saturated heterocycles. The second-order valence-corrected chi connectivity index (χ2v) is 24.1. The minimum Gasteiger partial charge on any atom is -0.462 e. The van der Waals surface area contributed by atoms with Crippen molar-refractivity contribution in [2.24, 2.45) is 0 Å². The van der Waals surface area contributed by atoms with E-state index in [1.54, 1.807) is 0 Å². The average Bonchev–Trinajstić information content (AvgIpc) is 3.47. The van der Waals surface area contributed by atoms with E-state index in [9.17, 15) is 14.4 Å². The van der Waals surface area contributed by atoms with Crippen molar-refractivity contribution in [3.05, 3.63) is 60.8 Å². The second kappa shape index (κ2) is 69.6. The third-order valence-electron chi connectivity index (χ3n) is 16.0. The van der Waals surface area contributed by atoms with Crippen LogP contribution in [0.4, 0.5) is 0 Å². The molecule has 0 heterocycles. The summed E-state index contributed by atoms with van der Waals surface area (Å²) < 4.78 is 17.0. The molecule has 0 amide bonds. The number of rotatable bonds is 66. The summed E-state index contributed by atoms with van der Waals surface area (Å²) in [5.41, 5.74) is 0. The molecule has 0 bridgehead atoms. The van der Waals surface area contributed by atoms with Crippen LogP contribution in [0.15, 0.2) is 60.8 Å². The van der Waals surface area contributed by atoms with Crippen molar-refractivity contribution in [1.82, 2.24) is 0 Å². The molecule has 0 aromatic carbocycles. The lowest BCUT2D eigenvalue weighted by Gasteiger charge is -2.18. The van der Waals surface area contributed by atoms with Crippen LogP contribution in [0.5, 0.6) is 0 Å². The molecule has 1 unspecified atom stereocenters. The number of ether oxygens (including phenoxy) is 3. The first-order chi connectivity index (χ1) is 40.0. The Morgan fingerprint density at radius 3 is 0.704 bits per heavy atom. The Kier molecular flexibility index (Phi) is 67.1. The molecule has 6 heteroatoms. The predicted molar refractivity (Wildman–Crippen MR) is 353 cm³/mol. The summed E-state index contributed by atoms with van der Waals surface area (Å²) in [6.45, 7) is 6.68. The summed E-state index contributed by atoms with van der Waals surface area (Å²) >= 11 is 0. The molecule has 1 atom stereocenters.